The minimum atomic E-state index is -0.890. The van der Waals surface area contributed by atoms with E-state index in [1.54, 1.807) is 19.0 Å². The topological polar surface area (TPSA) is 280 Å². The number of aryl methyl sites for hydroxylation is 3. The monoisotopic (exact) mass is 1630 g/mol. The van der Waals surface area contributed by atoms with Crippen molar-refractivity contribution in [2.24, 2.45) is 16.2 Å². The summed E-state index contributed by atoms with van der Waals surface area (Å²) >= 11 is 28.8. The SMILES string of the molecule is Cc1ncnc2c1ccn2[C@@H]1C[C@@]2(CO[C@@H](Cc3ccc4cc(Br)c(Cl)nc4c3)C2)[C@@H](O)[C@H]1O.Cc1ncnc2c1ccn2[C@@H]1C[C@@]2(CO[C@@H](Cc3ccc4cc(Br)c(Cl)nc4c3)C2)[C@@H](O)[C@H]1O.Cc1ncnc2c1ccn2[C@@H]1C[C@@]2(CO[C@H](Cc3ccc4cc(Br)c(Cl)nc4c3)C2)[C@@H](O)[C@H]1O. The predicted octanol–water partition coefficient (Wildman–Crippen LogP) is 13.2. The fourth-order valence-corrected chi connectivity index (χ4v) is 18.7. The normalized spacial score (nSPS) is 29.1. The van der Waals surface area contributed by atoms with Gasteiger partial charge in [0, 0.05) is 67.2 Å². The number of hydrogen-bond acceptors (Lipinski definition) is 18. The lowest BCUT2D eigenvalue weighted by atomic mass is 9.80. The van der Waals surface area contributed by atoms with Crippen LogP contribution in [-0.4, -0.2) is 164 Å². The standard InChI is InChI=1S/3C25H24BrClN4O3/c3*1-13-17-4-5-31(24(17)29-12-28-13)20-10-25(22(33)21(20)32)9-16(34-11-25)6-14-2-3-15-8-18(26)23(27)30-19(15)7-14/h3*2-5,7-8,12,16,20-22,32-33H,6,9-11H2,1H3/t2*16-,20+,21-,22-,25-;16-,20-,21+,22+,25+/m001/s1. The van der Waals surface area contributed by atoms with E-state index in [9.17, 15) is 30.6 Å². The smallest absolute Gasteiger partial charge is 0.143 e. The molecule has 0 amide bonds. The van der Waals surface area contributed by atoms with E-state index in [4.69, 9.17) is 49.0 Å². The quantitative estimate of drug-likeness (QED) is 0.0733. The minimum absolute atomic E-state index is 0.0463. The molecular formula is C75H72Br3Cl3N12O9. The summed E-state index contributed by atoms with van der Waals surface area (Å²) in [6.45, 7) is 7.10. The average molecular weight is 1630 g/mol. The highest BCUT2D eigenvalue weighted by atomic mass is 79.9. The van der Waals surface area contributed by atoms with Crippen molar-refractivity contribution in [3.8, 4) is 0 Å². The maximum absolute atomic E-state index is 11.1. The molecule has 18 rings (SSSR count). The molecule has 12 aromatic rings. The Morgan fingerprint density at radius 1 is 0.402 bits per heavy atom. The molecule has 3 aliphatic carbocycles. The first-order valence-electron chi connectivity index (χ1n) is 34.1. The fraction of sp³-hybridized carbons (Fsp3) is 0.400. The molecule has 27 heteroatoms. The molecule has 6 N–H and O–H groups in total. The first kappa shape index (κ1) is 70.0. The Labute approximate surface area is 626 Å². The molecule has 102 heavy (non-hydrogen) atoms. The van der Waals surface area contributed by atoms with Crippen molar-refractivity contribution in [3.63, 3.8) is 0 Å². The molecule has 3 aromatic carbocycles. The van der Waals surface area contributed by atoms with Crippen LogP contribution in [0.15, 0.2) is 142 Å². The predicted molar refractivity (Wildman–Crippen MR) is 399 cm³/mol. The Bertz CT molecular complexity index is 4740. The van der Waals surface area contributed by atoms with Crippen LogP contribution in [0.1, 0.15) is 90.4 Å². The summed E-state index contributed by atoms with van der Waals surface area (Å²) in [4.78, 5) is 39.5. The molecule has 3 spiro atoms. The first-order chi connectivity index (χ1) is 49.0. The number of hydrogen-bond donors (Lipinski definition) is 6. The third kappa shape index (κ3) is 12.7. The Kier molecular flexibility index (Phi) is 18.9. The van der Waals surface area contributed by atoms with E-state index >= 15 is 0 Å². The Balaban J connectivity index is 0.000000118. The van der Waals surface area contributed by atoms with Gasteiger partial charge in [0.05, 0.1) is 122 Å². The van der Waals surface area contributed by atoms with Crippen molar-refractivity contribution in [1.82, 2.24) is 58.6 Å². The summed E-state index contributed by atoms with van der Waals surface area (Å²) in [7, 11) is 0. The van der Waals surface area contributed by atoms with Gasteiger partial charge >= 0.3 is 0 Å². The van der Waals surface area contributed by atoms with Crippen molar-refractivity contribution < 1.29 is 44.8 Å². The molecule has 15 atom stereocenters. The van der Waals surface area contributed by atoms with Crippen molar-refractivity contribution in [1.29, 1.82) is 0 Å². The number of nitrogens with zero attached hydrogens (tertiary/aromatic N) is 12. The van der Waals surface area contributed by atoms with E-state index in [2.05, 4.69) is 111 Å². The van der Waals surface area contributed by atoms with Crippen LogP contribution >= 0.6 is 82.6 Å². The van der Waals surface area contributed by atoms with Crippen molar-refractivity contribution >= 4 is 148 Å². The number of benzene rings is 3. The summed E-state index contributed by atoms with van der Waals surface area (Å²) in [6, 6.07) is 29.5. The average Bonchev–Trinajstić information content (AvgIpc) is 1.59. The van der Waals surface area contributed by atoms with Crippen LogP contribution in [0.5, 0.6) is 0 Å². The van der Waals surface area contributed by atoms with Crippen LogP contribution in [0.3, 0.4) is 0 Å². The number of rotatable bonds is 9. The fourth-order valence-electron chi connectivity index (χ4n) is 17.2. The van der Waals surface area contributed by atoms with Gasteiger partial charge in [0.1, 0.15) is 69.7 Å². The zero-order valence-corrected chi connectivity index (χ0v) is 62.6. The van der Waals surface area contributed by atoms with Crippen LogP contribution < -0.4 is 0 Å². The van der Waals surface area contributed by atoms with Crippen molar-refractivity contribution in [3.05, 3.63) is 191 Å². The summed E-state index contributed by atoms with van der Waals surface area (Å²) in [6.07, 6.45) is 11.1. The van der Waals surface area contributed by atoms with Gasteiger partial charge in [0.15, 0.2) is 0 Å². The lowest BCUT2D eigenvalue weighted by Crippen LogP contribution is -2.37. The first-order valence-corrected chi connectivity index (χ1v) is 37.6. The lowest BCUT2D eigenvalue weighted by molar-refractivity contribution is -0.0308. The van der Waals surface area contributed by atoms with Gasteiger partial charge < -0.3 is 58.6 Å². The zero-order valence-electron chi connectivity index (χ0n) is 55.6. The highest BCUT2D eigenvalue weighted by Gasteiger charge is 2.60. The number of ether oxygens (including phenoxy) is 3. The summed E-state index contributed by atoms with van der Waals surface area (Å²) in [5.41, 5.74) is 9.41. The molecule has 0 bridgehead atoms. The van der Waals surface area contributed by atoms with Crippen molar-refractivity contribution in [2.45, 2.75) is 152 Å². The van der Waals surface area contributed by atoms with Gasteiger partial charge in [0.2, 0.25) is 0 Å². The molecular weight excluding hydrogens is 1560 g/mol. The van der Waals surface area contributed by atoms with E-state index in [-0.39, 0.29) is 36.4 Å². The Morgan fingerprint density at radius 2 is 0.686 bits per heavy atom. The molecule has 0 unspecified atom stereocenters. The zero-order chi connectivity index (χ0) is 70.8. The molecule has 528 valence electrons. The molecule has 9 aromatic heterocycles. The molecule has 6 aliphatic rings. The second-order valence-electron chi connectivity index (χ2n) is 28.9. The van der Waals surface area contributed by atoms with E-state index in [0.717, 1.165) is 113 Å². The second-order valence-corrected chi connectivity index (χ2v) is 32.5. The van der Waals surface area contributed by atoms with Gasteiger partial charge in [-0.2, -0.15) is 0 Å². The van der Waals surface area contributed by atoms with Crippen LogP contribution in [-0.2, 0) is 33.5 Å². The lowest BCUT2D eigenvalue weighted by Gasteiger charge is -2.26. The highest BCUT2D eigenvalue weighted by Crippen LogP contribution is 2.55. The van der Waals surface area contributed by atoms with Gasteiger partial charge in [0.25, 0.3) is 0 Å². The molecule has 3 saturated heterocycles. The maximum Gasteiger partial charge on any atom is 0.143 e. The second kappa shape index (κ2) is 27.6. The number of aliphatic hydroxyl groups excluding tert-OH is 6. The van der Waals surface area contributed by atoms with Crippen LogP contribution in [0, 0.1) is 37.0 Å². The van der Waals surface area contributed by atoms with Crippen molar-refractivity contribution in [2.75, 3.05) is 19.8 Å². The number of halogens is 6. The van der Waals surface area contributed by atoms with Gasteiger partial charge in [-0.1, -0.05) is 71.2 Å². The molecule has 0 radical (unpaired) electrons. The number of fused-ring (bicyclic) bond motifs is 6. The third-order valence-corrected chi connectivity index (χ3v) is 25.9. The van der Waals surface area contributed by atoms with Gasteiger partial charge in [-0.25, -0.2) is 44.9 Å². The van der Waals surface area contributed by atoms with E-state index in [1.165, 1.54) is 0 Å². The molecule has 12 heterocycles. The van der Waals surface area contributed by atoms with Gasteiger partial charge in [-0.3, -0.25) is 0 Å². The third-order valence-electron chi connectivity index (χ3n) is 22.6. The molecule has 3 aliphatic heterocycles. The summed E-state index contributed by atoms with van der Waals surface area (Å²) in [5, 5.41) is 73.7. The maximum atomic E-state index is 11.1. The van der Waals surface area contributed by atoms with Gasteiger partial charge in [-0.15, -0.1) is 0 Å². The van der Waals surface area contributed by atoms with Gasteiger partial charge in [-0.05, 0) is 198 Å². The number of aliphatic hydroxyl groups is 6. The van der Waals surface area contributed by atoms with Crippen LogP contribution in [0.4, 0.5) is 0 Å². The number of aromatic nitrogens is 12. The Hall–Kier alpha value is -6.30. The number of pyridine rings is 3. The Morgan fingerprint density at radius 3 is 0.971 bits per heavy atom. The molecule has 3 saturated carbocycles. The van der Waals surface area contributed by atoms with Crippen LogP contribution in [0.25, 0.3) is 65.8 Å². The van der Waals surface area contributed by atoms with E-state index < -0.39 is 52.9 Å². The summed E-state index contributed by atoms with van der Waals surface area (Å²) in [5.74, 6) is 0. The highest BCUT2D eigenvalue weighted by molar-refractivity contribution is 9.11. The minimum Gasteiger partial charge on any atom is -0.390 e. The largest absolute Gasteiger partial charge is 0.390 e. The van der Waals surface area contributed by atoms with E-state index in [0.29, 0.717) is 93.1 Å². The molecule has 6 fully saturated rings. The van der Waals surface area contributed by atoms with E-state index in [1.807, 2.05) is 126 Å². The van der Waals surface area contributed by atoms with Crippen LogP contribution in [0.2, 0.25) is 15.5 Å². The summed E-state index contributed by atoms with van der Waals surface area (Å²) < 4.78 is 26.8. The molecule has 21 nitrogen and oxygen atoms in total.